The van der Waals surface area contributed by atoms with E-state index in [1.54, 1.807) is 63.2 Å². The second kappa shape index (κ2) is 16.7. The third kappa shape index (κ3) is 11.0. The number of hydrogen-bond donors (Lipinski definition) is 3. The van der Waals surface area contributed by atoms with E-state index < -0.39 is 65.7 Å². The summed E-state index contributed by atoms with van der Waals surface area (Å²) in [5.74, 6) is -7.56. The van der Waals surface area contributed by atoms with Gasteiger partial charge < -0.3 is 25.0 Å². The first kappa shape index (κ1) is 36.9. The molecule has 0 saturated carbocycles. The van der Waals surface area contributed by atoms with Gasteiger partial charge in [0, 0.05) is 36.4 Å². The van der Waals surface area contributed by atoms with Gasteiger partial charge in [0.05, 0.1) is 19.1 Å². The molecular weight excluding hydrogens is 608 g/mol. The molecule has 2 aromatic rings. The molecule has 45 heavy (non-hydrogen) atoms. The minimum Gasteiger partial charge on any atom is -0.450 e. The normalized spacial score (nSPS) is 12.9. The molecule has 244 valence electrons. The molecule has 10 nitrogen and oxygen atoms in total. The summed E-state index contributed by atoms with van der Waals surface area (Å²) in [6, 6.07) is 10.5. The van der Waals surface area contributed by atoms with E-state index in [2.05, 4.69) is 23.3 Å². The minimum absolute atomic E-state index is 0.0595. The number of esters is 2. The van der Waals surface area contributed by atoms with Crippen molar-refractivity contribution in [2.24, 2.45) is 0 Å². The fourth-order valence-corrected chi connectivity index (χ4v) is 4.57. The van der Waals surface area contributed by atoms with E-state index >= 15 is 8.78 Å². The van der Waals surface area contributed by atoms with Crippen LogP contribution in [0.3, 0.4) is 0 Å². The van der Waals surface area contributed by atoms with Crippen molar-refractivity contribution in [3.8, 4) is 5.75 Å². The summed E-state index contributed by atoms with van der Waals surface area (Å²) in [5.41, 5.74) is 1.65. The predicted octanol–water partition coefficient (Wildman–Crippen LogP) is 3.94. The molecule has 0 heterocycles. The summed E-state index contributed by atoms with van der Waals surface area (Å²) in [7, 11) is 0. The van der Waals surface area contributed by atoms with Crippen molar-refractivity contribution in [2.45, 2.75) is 66.0 Å². The van der Waals surface area contributed by atoms with Crippen LogP contribution in [0.1, 0.15) is 54.7 Å². The number of rotatable bonds is 14. The Kier molecular flexibility index (Phi) is 13.7. The molecule has 0 aliphatic heterocycles. The van der Waals surface area contributed by atoms with Crippen LogP contribution >= 0.6 is 12.6 Å². The Labute approximate surface area is 266 Å². The molecule has 2 aromatic carbocycles. The molecule has 0 spiro atoms. The van der Waals surface area contributed by atoms with Crippen molar-refractivity contribution in [1.29, 1.82) is 0 Å². The number of likely N-dealkylation sites (N-methyl/N-ethyl adjacent to an activating group) is 1. The lowest BCUT2D eigenvalue weighted by molar-refractivity contribution is -0.162. The summed E-state index contributed by atoms with van der Waals surface area (Å²) in [4.78, 5) is 64.2. The number of benzene rings is 2. The number of allylic oxidation sites excluding steroid dienone is 1. The zero-order valence-corrected chi connectivity index (χ0v) is 27.0. The first-order valence-corrected chi connectivity index (χ1v) is 14.6. The van der Waals surface area contributed by atoms with Crippen LogP contribution in [0, 0.1) is 13.8 Å². The molecule has 0 aliphatic rings. The lowest BCUT2D eigenvalue weighted by atomic mass is 9.98. The smallest absolute Gasteiger partial charge is 0.308 e. The number of halogens is 2. The zero-order chi connectivity index (χ0) is 33.9. The second-order valence-corrected chi connectivity index (χ2v) is 10.8. The van der Waals surface area contributed by atoms with Gasteiger partial charge in [-0.1, -0.05) is 36.4 Å². The molecule has 13 heteroatoms. The SMILES string of the molecule is C/C=C(/S)C(F)(F)CN(CC(=O)NCC)C(=O)C(OC(C)=O)C(Cc1ccccc1)NC(=O)c1cc(C)cc(OC(C)=O)c1C. The van der Waals surface area contributed by atoms with Crippen molar-refractivity contribution >= 4 is 42.3 Å². The number of aryl methyl sites for hydroxylation is 1. The monoisotopic (exact) mass is 647 g/mol. The molecule has 2 rings (SSSR count). The molecule has 0 fully saturated rings. The van der Waals surface area contributed by atoms with E-state index in [0.717, 1.165) is 13.0 Å². The van der Waals surface area contributed by atoms with Crippen LogP contribution in [0.2, 0.25) is 0 Å². The number of ether oxygens (including phenoxy) is 2. The van der Waals surface area contributed by atoms with Gasteiger partial charge in [-0.15, -0.1) is 12.6 Å². The molecule has 0 aromatic heterocycles. The van der Waals surface area contributed by atoms with Crippen LogP contribution in [-0.4, -0.2) is 72.3 Å². The standard InChI is InChI=1S/C32H39F2N3O7S/c1-7-27(45)32(33,34)18-37(17-28(40)35-8-2)31(42)29(44-22(6)39)25(16-23-12-10-9-11-13-23)36-30(41)24-14-19(3)15-26(20(24)4)43-21(5)38/h7,9-15,25,29,45H,8,16-18H2,1-6H3,(H,35,40)(H,36,41)/b27-7+. The number of carbonyl (C=O) groups excluding carboxylic acids is 5. The number of hydrogen-bond acceptors (Lipinski definition) is 8. The van der Waals surface area contributed by atoms with Crippen molar-refractivity contribution in [3.63, 3.8) is 0 Å². The van der Waals surface area contributed by atoms with Crippen molar-refractivity contribution in [3.05, 3.63) is 75.7 Å². The van der Waals surface area contributed by atoms with Crippen LogP contribution in [0.15, 0.2) is 53.4 Å². The summed E-state index contributed by atoms with van der Waals surface area (Å²) in [6.07, 6.45) is -0.812. The topological polar surface area (TPSA) is 131 Å². The third-order valence-corrected chi connectivity index (χ3v) is 7.16. The molecule has 0 radical (unpaired) electrons. The first-order chi connectivity index (χ1) is 21.1. The highest BCUT2D eigenvalue weighted by Crippen LogP contribution is 2.29. The maximum atomic E-state index is 15.1. The third-order valence-electron chi connectivity index (χ3n) is 6.58. The quantitative estimate of drug-likeness (QED) is 0.161. The van der Waals surface area contributed by atoms with E-state index in [1.165, 1.54) is 13.8 Å². The van der Waals surface area contributed by atoms with Crippen LogP contribution in [0.4, 0.5) is 8.78 Å². The summed E-state index contributed by atoms with van der Waals surface area (Å²) < 4.78 is 40.9. The van der Waals surface area contributed by atoms with Gasteiger partial charge in [-0.05, 0) is 57.4 Å². The Morgan fingerprint density at radius 3 is 2.24 bits per heavy atom. The van der Waals surface area contributed by atoms with Gasteiger partial charge in [0.15, 0.2) is 0 Å². The van der Waals surface area contributed by atoms with Crippen LogP contribution in [0.5, 0.6) is 5.75 Å². The van der Waals surface area contributed by atoms with Crippen LogP contribution in [0.25, 0.3) is 0 Å². The molecular formula is C32H39F2N3O7S. The van der Waals surface area contributed by atoms with Gasteiger partial charge in [-0.25, -0.2) is 0 Å². The lowest BCUT2D eigenvalue weighted by Crippen LogP contribution is -2.57. The summed E-state index contributed by atoms with van der Waals surface area (Å²) in [5, 5.41) is 5.20. The average Bonchev–Trinajstić information content (AvgIpc) is 2.96. The number of thiol groups is 1. The minimum atomic E-state index is -3.65. The van der Waals surface area contributed by atoms with E-state index in [9.17, 15) is 24.0 Å². The van der Waals surface area contributed by atoms with Crippen LogP contribution in [-0.2, 0) is 30.3 Å². The Morgan fingerprint density at radius 2 is 1.69 bits per heavy atom. The molecule has 0 aliphatic carbocycles. The van der Waals surface area contributed by atoms with E-state index in [1.807, 2.05) is 0 Å². The summed E-state index contributed by atoms with van der Waals surface area (Å²) >= 11 is 3.83. The van der Waals surface area contributed by atoms with Gasteiger partial charge in [0.1, 0.15) is 5.75 Å². The first-order valence-electron chi connectivity index (χ1n) is 14.2. The lowest BCUT2D eigenvalue weighted by Gasteiger charge is -2.33. The molecule has 3 amide bonds. The van der Waals surface area contributed by atoms with E-state index in [4.69, 9.17) is 9.47 Å². The predicted molar refractivity (Wildman–Crippen MR) is 167 cm³/mol. The van der Waals surface area contributed by atoms with Crippen molar-refractivity contribution in [1.82, 2.24) is 15.5 Å². The number of nitrogens with one attached hydrogen (secondary N) is 2. The maximum absolute atomic E-state index is 15.1. The fraction of sp³-hybridized carbons (Fsp3) is 0.406. The van der Waals surface area contributed by atoms with Crippen molar-refractivity contribution < 1.29 is 42.2 Å². The Balaban J connectivity index is 2.64. The van der Waals surface area contributed by atoms with Gasteiger partial charge in [0.2, 0.25) is 12.0 Å². The highest BCUT2D eigenvalue weighted by Gasteiger charge is 2.42. The van der Waals surface area contributed by atoms with Crippen LogP contribution < -0.4 is 15.4 Å². The maximum Gasteiger partial charge on any atom is 0.308 e. The highest BCUT2D eigenvalue weighted by atomic mass is 32.1. The van der Waals surface area contributed by atoms with Gasteiger partial charge in [-0.2, -0.15) is 8.78 Å². The molecule has 2 atom stereocenters. The largest absolute Gasteiger partial charge is 0.450 e. The molecule has 2 N–H and O–H groups in total. The van der Waals surface area contributed by atoms with Gasteiger partial charge in [-0.3, -0.25) is 24.0 Å². The highest BCUT2D eigenvalue weighted by molar-refractivity contribution is 7.84. The van der Waals surface area contributed by atoms with Gasteiger partial charge in [0.25, 0.3) is 17.7 Å². The van der Waals surface area contributed by atoms with E-state index in [0.29, 0.717) is 21.6 Å². The molecule has 0 saturated heterocycles. The molecule has 2 unspecified atom stereocenters. The molecule has 0 bridgehead atoms. The average molecular weight is 648 g/mol. The number of nitrogens with zero attached hydrogens (tertiary/aromatic N) is 1. The second-order valence-electron chi connectivity index (χ2n) is 10.4. The number of amides is 3. The van der Waals surface area contributed by atoms with Crippen molar-refractivity contribution in [2.75, 3.05) is 19.6 Å². The Bertz CT molecular complexity index is 1430. The Hall–Kier alpha value is -4.26. The summed E-state index contributed by atoms with van der Waals surface area (Å²) in [6.45, 7) is 6.63. The van der Waals surface area contributed by atoms with E-state index in [-0.39, 0.29) is 24.3 Å². The Morgan fingerprint density at radius 1 is 1.04 bits per heavy atom. The fourth-order valence-electron chi connectivity index (χ4n) is 4.50. The number of carbonyl (C=O) groups is 5. The zero-order valence-electron chi connectivity index (χ0n) is 26.1. The number of alkyl halides is 2. The van der Waals surface area contributed by atoms with Gasteiger partial charge >= 0.3 is 11.9 Å².